The van der Waals surface area contributed by atoms with Crippen LogP contribution in [0.2, 0.25) is 0 Å². The van der Waals surface area contributed by atoms with E-state index in [1.54, 1.807) is 0 Å². The highest BCUT2D eigenvalue weighted by atomic mass is 16.5. The fraction of sp³-hybridized carbons (Fsp3) is 0.800. The van der Waals surface area contributed by atoms with E-state index in [2.05, 4.69) is 19.1 Å². The fourth-order valence-electron chi connectivity index (χ4n) is 1.84. The van der Waals surface area contributed by atoms with E-state index in [9.17, 15) is 0 Å². The molecule has 0 aromatic carbocycles. The van der Waals surface area contributed by atoms with E-state index in [0.29, 0.717) is 6.10 Å². The van der Waals surface area contributed by atoms with E-state index in [0.717, 1.165) is 5.92 Å². The minimum Gasteiger partial charge on any atom is -0.381 e. The third kappa shape index (κ3) is 2.66. The van der Waals surface area contributed by atoms with Crippen LogP contribution in [0.25, 0.3) is 0 Å². The first-order valence-electron chi connectivity index (χ1n) is 4.52. The molecule has 1 fully saturated rings. The van der Waals surface area contributed by atoms with Gasteiger partial charge in [0.1, 0.15) is 0 Å². The zero-order valence-corrected chi connectivity index (χ0v) is 7.55. The molecular formula is C10H18O. The average Bonchev–Trinajstić information content (AvgIpc) is 2.06. The Balaban J connectivity index is 2.33. The Morgan fingerprint density at radius 1 is 1.36 bits per heavy atom. The zero-order chi connectivity index (χ0) is 8.10. The van der Waals surface area contributed by atoms with Crippen LogP contribution in [0.3, 0.4) is 0 Å². The molecule has 1 aliphatic rings. The standard InChI is InChI=1S/C10H18O/c1-3-5-9-6-4-7-10(8-9)11-2/h3,5,9-10H,4,6-8H2,1-2H3. The second kappa shape index (κ2) is 4.55. The molecule has 1 aliphatic carbocycles. The molecule has 0 aliphatic heterocycles. The van der Waals surface area contributed by atoms with Gasteiger partial charge < -0.3 is 4.74 Å². The van der Waals surface area contributed by atoms with Crippen molar-refractivity contribution in [1.29, 1.82) is 0 Å². The number of hydrogen-bond acceptors (Lipinski definition) is 1. The van der Waals surface area contributed by atoms with Gasteiger partial charge in [-0.05, 0) is 32.1 Å². The van der Waals surface area contributed by atoms with Crippen LogP contribution in [0.15, 0.2) is 12.2 Å². The number of ether oxygens (including phenoxy) is 1. The van der Waals surface area contributed by atoms with Crippen molar-refractivity contribution in [2.75, 3.05) is 7.11 Å². The van der Waals surface area contributed by atoms with Gasteiger partial charge in [0.2, 0.25) is 0 Å². The number of methoxy groups -OCH3 is 1. The summed E-state index contributed by atoms with van der Waals surface area (Å²) >= 11 is 0. The molecule has 0 bridgehead atoms. The molecule has 0 heterocycles. The highest BCUT2D eigenvalue weighted by molar-refractivity contribution is 4.89. The van der Waals surface area contributed by atoms with Gasteiger partial charge in [-0.2, -0.15) is 0 Å². The number of hydrogen-bond donors (Lipinski definition) is 0. The maximum Gasteiger partial charge on any atom is 0.0577 e. The van der Waals surface area contributed by atoms with Crippen molar-refractivity contribution in [2.24, 2.45) is 5.92 Å². The zero-order valence-electron chi connectivity index (χ0n) is 7.55. The Morgan fingerprint density at radius 2 is 2.18 bits per heavy atom. The van der Waals surface area contributed by atoms with Crippen LogP contribution in [0.1, 0.15) is 32.6 Å². The number of allylic oxidation sites excluding steroid dienone is 2. The molecule has 2 atom stereocenters. The van der Waals surface area contributed by atoms with Crippen LogP contribution in [0, 0.1) is 5.92 Å². The van der Waals surface area contributed by atoms with Crippen molar-refractivity contribution < 1.29 is 4.74 Å². The highest BCUT2D eigenvalue weighted by Gasteiger charge is 2.18. The molecule has 0 aromatic heterocycles. The predicted molar refractivity (Wildman–Crippen MR) is 47.6 cm³/mol. The summed E-state index contributed by atoms with van der Waals surface area (Å²) in [5.41, 5.74) is 0. The third-order valence-corrected chi connectivity index (χ3v) is 2.46. The Labute approximate surface area is 69.4 Å². The van der Waals surface area contributed by atoms with Gasteiger partial charge in [-0.25, -0.2) is 0 Å². The third-order valence-electron chi connectivity index (χ3n) is 2.46. The van der Waals surface area contributed by atoms with Crippen molar-refractivity contribution in [3.63, 3.8) is 0 Å². The molecule has 2 unspecified atom stereocenters. The van der Waals surface area contributed by atoms with Gasteiger partial charge in [-0.3, -0.25) is 0 Å². The van der Waals surface area contributed by atoms with Crippen LogP contribution < -0.4 is 0 Å². The summed E-state index contributed by atoms with van der Waals surface area (Å²) in [4.78, 5) is 0. The first-order chi connectivity index (χ1) is 5.36. The molecule has 1 nitrogen and oxygen atoms in total. The lowest BCUT2D eigenvalue weighted by Gasteiger charge is -2.25. The molecule has 11 heavy (non-hydrogen) atoms. The van der Waals surface area contributed by atoms with E-state index >= 15 is 0 Å². The van der Waals surface area contributed by atoms with Crippen LogP contribution >= 0.6 is 0 Å². The Bertz CT molecular complexity index is 129. The molecule has 64 valence electrons. The molecule has 1 saturated carbocycles. The average molecular weight is 154 g/mol. The molecule has 0 radical (unpaired) electrons. The normalized spacial score (nSPS) is 32.9. The van der Waals surface area contributed by atoms with Gasteiger partial charge in [-0.1, -0.05) is 18.6 Å². The molecular weight excluding hydrogens is 136 g/mol. The Kier molecular flexibility index (Phi) is 3.64. The van der Waals surface area contributed by atoms with Crippen molar-refractivity contribution >= 4 is 0 Å². The lowest BCUT2D eigenvalue weighted by molar-refractivity contribution is 0.0589. The minimum atomic E-state index is 0.518. The van der Waals surface area contributed by atoms with Crippen molar-refractivity contribution in [1.82, 2.24) is 0 Å². The van der Waals surface area contributed by atoms with Gasteiger partial charge in [0.15, 0.2) is 0 Å². The smallest absolute Gasteiger partial charge is 0.0577 e. The molecule has 0 N–H and O–H groups in total. The Morgan fingerprint density at radius 3 is 2.82 bits per heavy atom. The van der Waals surface area contributed by atoms with Crippen LogP contribution in [-0.2, 0) is 4.74 Å². The van der Waals surface area contributed by atoms with E-state index in [1.165, 1.54) is 25.7 Å². The Hall–Kier alpha value is -0.300. The van der Waals surface area contributed by atoms with Crippen LogP contribution in [0.4, 0.5) is 0 Å². The summed E-state index contributed by atoms with van der Waals surface area (Å²) in [6, 6.07) is 0. The van der Waals surface area contributed by atoms with Gasteiger partial charge in [0.25, 0.3) is 0 Å². The van der Waals surface area contributed by atoms with E-state index < -0.39 is 0 Å². The summed E-state index contributed by atoms with van der Waals surface area (Å²) in [6.07, 6.45) is 10.1. The maximum absolute atomic E-state index is 5.33. The lowest BCUT2D eigenvalue weighted by atomic mass is 9.87. The highest BCUT2D eigenvalue weighted by Crippen LogP contribution is 2.26. The summed E-state index contributed by atoms with van der Waals surface area (Å²) in [6.45, 7) is 2.09. The van der Waals surface area contributed by atoms with Gasteiger partial charge in [0, 0.05) is 7.11 Å². The quantitative estimate of drug-likeness (QED) is 0.556. The van der Waals surface area contributed by atoms with Crippen LogP contribution in [-0.4, -0.2) is 13.2 Å². The minimum absolute atomic E-state index is 0.518. The summed E-state index contributed by atoms with van der Waals surface area (Å²) in [7, 11) is 1.82. The van der Waals surface area contributed by atoms with Crippen LogP contribution in [0.5, 0.6) is 0 Å². The largest absolute Gasteiger partial charge is 0.381 e. The van der Waals surface area contributed by atoms with Crippen molar-refractivity contribution in [2.45, 2.75) is 38.7 Å². The summed E-state index contributed by atoms with van der Waals surface area (Å²) in [5.74, 6) is 0.777. The van der Waals surface area contributed by atoms with Gasteiger partial charge in [0.05, 0.1) is 6.10 Å². The molecule has 0 saturated heterocycles. The summed E-state index contributed by atoms with van der Waals surface area (Å²) in [5, 5.41) is 0. The topological polar surface area (TPSA) is 9.23 Å². The molecule has 0 amide bonds. The first kappa shape index (κ1) is 8.79. The number of rotatable bonds is 2. The molecule has 0 aromatic rings. The molecule has 1 heteroatoms. The second-order valence-corrected chi connectivity index (χ2v) is 3.31. The monoisotopic (exact) mass is 154 g/mol. The lowest BCUT2D eigenvalue weighted by Crippen LogP contribution is -2.20. The van der Waals surface area contributed by atoms with E-state index in [1.807, 2.05) is 7.11 Å². The van der Waals surface area contributed by atoms with Crippen molar-refractivity contribution in [3.8, 4) is 0 Å². The SMILES string of the molecule is CC=CC1CCCC(OC)C1. The fourth-order valence-corrected chi connectivity index (χ4v) is 1.84. The predicted octanol–water partition coefficient (Wildman–Crippen LogP) is 2.77. The molecule has 1 rings (SSSR count). The van der Waals surface area contributed by atoms with Gasteiger partial charge >= 0.3 is 0 Å². The maximum atomic E-state index is 5.33. The molecule has 0 spiro atoms. The first-order valence-corrected chi connectivity index (χ1v) is 4.52. The van der Waals surface area contributed by atoms with Crippen molar-refractivity contribution in [3.05, 3.63) is 12.2 Å². The summed E-state index contributed by atoms with van der Waals surface area (Å²) < 4.78 is 5.33. The van der Waals surface area contributed by atoms with E-state index in [4.69, 9.17) is 4.74 Å². The van der Waals surface area contributed by atoms with E-state index in [-0.39, 0.29) is 0 Å². The second-order valence-electron chi connectivity index (χ2n) is 3.31. The van der Waals surface area contributed by atoms with Gasteiger partial charge in [-0.15, -0.1) is 0 Å².